The van der Waals surface area contributed by atoms with Crippen molar-refractivity contribution in [1.29, 1.82) is 0 Å². The third-order valence-electron chi connectivity index (χ3n) is 4.24. The van der Waals surface area contributed by atoms with Crippen LogP contribution in [-0.4, -0.2) is 38.3 Å². The highest BCUT2D eigenvalue weighted by Crippen LogP contribution is 2.40. The average Bonchev–Trinajstić information content (AvgIpc) is 2.70. The van der Waals surface area contributed by atoms with E-state index in [1.807, 2.05) is 0 Å². The Morgan fingerprint density at radius 3 is 2.71 bits per heavy atom. The molecule has 0 saturated carbocycles. The van der Waals surface area contributed by atoms with Crippen molar-refractivity contribution in [2.75, 3.05) is 25.6 Å². The smallest absolute Gasteiger partial charge is 0.339 e. The van der Waals surface area contributed by atoms with Gasteiger partial charge in [-0.15, -0.1) is 0 Å². The van der Waals surface area contributed by atoms with Gasteiger partial charge in [0.1, 0.15) is 13.2 Å². The van der Waals surface area contributed by atoms with Gasteiger partial charge in [-0.05, 0) is 43.7 Å². The first kappa shape index (κ1) is 19.8. The average molecular weight is 406 g/mol. The summed E-state index contributed by atoms with van der Waals surface area (Å²) in [6.07, 6.45) is -1.02. The molecular weight excluding hydrogens is 386 g/mol. The molecule has 1 atom stereocenters. The van der Waals surface area contributed by atoms with Crippen molar-refractivity contribution >= 4 is 29.2 Å². The van der Waals surface area contributed by atoms with Crippen LogP contribution in [-0.2, 0) is 9.53 Å². The Bertz CT molecular complexity index is 897. The molecule has 0 aliphatic carbocycles. The van der Waals surface area contributed by atoms with E-state index < -0.39 is 18.0 Å². The lowest BCUT2D eigenvalue weighted by atomic mass is 10.1. The second-order valence-corrected chi connectivity index (χ2v) is 6.56. The monoisotopic (exact) mass is 405 g/mol. The Kier molecular flexibility index (Phi) is 5.94. The summed E-state index contributed by atoms with van der Waals surface area (Å²) in [5, 5.41) is 3.24. The predicted molar refractivity (Wildman–Crippen MR) is 104 cm³/mol. The van der Waals surface area contributed by atoms with Gasteiger partial charge in [-0.1, -0.05) is 17.7 Å². The van der Waals surface area contributed by atoms with Gasteiger partial charge in [0, 0.05) is 10.7 Å². The highest BCUT2D eigenvalue weighted by atomic mass is 35.5. The van der Waals surface area contributed by atoms with Gasteiger partial charge in [0.2, 0.25) is 5.75 Å². The summed E-state index contributed by atoms with van der Waals surface area (Å²) in [6.45, 7) is 4.04. The highest BCUT2D eigenvalue weighted by molar-refractivity contribution is 6.31. The van der Waals surface area contributed by atoms with Crippen molar-refractivity contribution < 1.29 is 28.5 Å². The minimum atomic E-state index is -1.02. The number of hydrogen-bond donors (Lipinski definition) is 1. The first-order valence-electron chi connectivity index (χ1n) is 8.65. The maximum Gasteiger partial charge on any atom is 0.339 e. The quantitative estimate of drug-likeness (QED) is 0.765. The normalized spacial score (nSPS) is 13.4. The van der Waals surface area contributed by atoms with Crippen LogP contribution in [0, 0.1) is 6.92 Å². The molecule has 3 rings (SSSR count). The van der Waals surface area contributed by atoms with Gasteiger partial charge in [0.25, 0.3) is 5.91 Å². The molecule has 2 aromatic carbocycles. The molecule has 28 heavy (non-hydrogen) atoms. The number of halogens is 1. The maximum atomic E-state index is 12.5. The lowest BCUT2D eigenvalue weighted by Crippen LogP contribution is -2.30. The van der Waals surface area contributed by atoms with Crippen molar-refractivity contribution in [3.8, 4) is 17.2 Å². The highest BCUT2D eigenvalue weighted by Gasteiger charge is 2.24. The van der Waals surface area contributed by atoms with Crippen LogP contribution in [0.5, 0.6) is 17.2 Å². The molecule has 1 heterocycles. The van der Waals surface area contributed by atoms with Gasteiger partial charge in [-0.3, -0.25) is 4.79 Å². The summed E-state index contributed by atoms with van der Waals surface area (Å²) in [5.41, 5.74) is 1.48. The molecule has 1 aliphatic rings. The zero-order chi connectivity index (χ0) is 20.3. The van der Waals surface area contributed by atoms with Crippen LogP contribution in [0.3, 0.4) is 0 Å². The first-order chi connectivity index (χ1) is 13.4. The molecule has 0 spiro atoms. The van der Waals surface area contributed by atoms with E-state index in [0.717, 1.165) is 5.56 Å². The first-order valence-corrected chi connectivity index (χ1v) is 9.03. The number of esters is 1. The van der Waals surface area contributed by atoms with Crippen molar-refractivity contribution in [2.24, 2.45) is 0 Å². The Balaban J connectivity index is 1.71. The second kappa shape index (κ2) is 8.39. The summed E-state index contributed by atoms with van der Waals surface area (Å²) < 4.78 is 21.6. The number of fused-ring (bicyclic) bond motifs is 1. The lowest BCUT2D eigenvalue weighted by Gasteiger charge is -2.21. The maximum absolute atomic E-state index is 12.5. The number of benzene rings is 2. The number of rotatable bonds is 5. The van der Waals surface area contributed by atoms with E-state index in [0.29, 0.717) is 41.2 Å². The largest absolute Gasteiger partial charge is 0.493 e. The van der Waals surface area contributed by atoms with Crippen molar-refractivity contribution in [1.82, 2.24) is 0 Å². The number of carbonyl (C=O) groups is 2. The third-order valence-corrected chi connectivity index (χ3v) is 4.65. The Hall–Kier alpha value is -2.93. The number of ether oxygens (including phenoxy) is 4. The van der Waals surface area contributed by atoms with E-state index in [4.69, 9.17) is 30.5 Å². The third kappa shape index (κ3) is 4.14. The standard InChI is InChI=1S/C20H20ClNO6/c1-11-14(21)5-4-6-15(11)22-19(23)12(2)28-20(24)13-9-16(25-3)18-17(10-13)26-7-8-27-18/h4-6,9-10,12H,7-8H2,1-3H3,(H,22,23)/t12-/m1/s1. The Morgan fingerprint density at radius 1 is 1.21 bits per heavy atom. The van der Waals surface area contributed by atoms with Crippen LogP contribution in [0.2, 0.25) is 5.02 Å². The molecule has 2 aromatic rings. The molecule has 148 valence electrons. The fraction of sp³-hybridized carbons (Fsp3) is 0.300. The van der Waals surface area contributed by atoms with Crippen molar-refractivity contribution in [2.45, 2.75) is 20.0 Å². The van der Waals surface area contributed by atoms with E-state index in [1.54, 1.807) is 25.1 Å². The van der Waals surface area contributed by atoms with Crippen LogP contribution in [0.15, 0.2) is 30.3 Å². The number of nitrogens with one attached hydrogen (secondary N) is 1. The van der Waals surface area contributed by atoms with Gasteiger partial charge >= 0.3 is 5.97 Å². The second-order valence-electron chi connectivity index (χ2n) is 6.15. The molecular formula is C20H20ClNO6. The van der Waals surface area contributed by atoms with Crippen molar-refractivity contribution in [3.05, 3.63) is 46.5 Å². The van der Waals surface area contributed by atoms with E-state index in [2.05, 4.69) is 5.32 Å². The van der Waals surface area contributed by atoms with Crippen LogP contribution in [0.1, 0.15) is 22.8 Å². The number of hydrogen-bond acceptors (Lipinski definition) is 6. The number of anilines is 1. The molecule has 0 aromatic heterocycles. The summed E-state index contributed by atoms with van der Waals surface area (Å²) in [5.74, 6) is 0.0384. The van der Waals surface area contributed by atoms with Gasteiger partial charge in [0.05, 0.1) is 12.7 Å². The fourth-order valence-corrected chi connectivity index (χ4v) is 2.82. The van der Waals surface area contributed by atoms with Crippen LogP contribution >= 0.6 is 11.6 Å². The van der Waals surface area contributed by atoms with E-state index in [9.17, 15) is 9.59 Å². The molecule has 8 heteroatoms. The SMILES string of the molecule is COc1cc(C(=O)O[C@H](C)C(=O)Nc2cccc(Cl)c2C)cc2c1OCCO2. The zero-order valence-electron chi connectivity index (χ0n) is 15.7. The van der Waals surface area contributed by atoms with Crippen LogP contribution in [0.4, 0.5) is 5.69 Å². The van der Waals surface area contributed by atoms with E-state index in [1.165, 1.54) is 26.2 Å². The molecule has 0 unspecified atom stereocenters. The van der Waals surface area contributed by atoms with Gasteiger partial charge < -0.3 is 24.3 Å². The van der Waals surface area contributed by atoms with E-state index >= 15 is 0 Å². The van der Waals surface area contributed by atoms with Gasteiger partial charge in [-0.2, -0.15) is 0 Å². The summed E-state index contributed by atoms with van der Waals surface area (Å²) in [7, 11) is 1.46. The topological polar surface area (TPSA) is 83.1 Å². The predicted octanol–water partition coefficient (Wildman–Crippen LogP) is 3.61. The molecule has 7 nitrogen and oxygen atoms in total. The van der Waals surface area contributed by atoms with E-state index in [-0.39, 0.29) is 5.56 Å². The summed E-state index contributed by atoms with van der Waals surface area (Å²) in [4.78, 5) is 24.9. The Labute approximate surface area is 167 Å². The molecule has 0 fully saturated rings. The number of amides is 1. The summed E-state index contributed by atoms with van der Waals surface area (Å²) >= 11 is 6.06. The Morgan fingerprint density at radius 2 is 1.96 bits per heavy atom. The van der Waals surface area contributed by atoms with Gasteiger partial charge in [-0.25, -0.2) is 4.79 Å². The minimum absolute atomic E-state index is 0.194. The fourth-order valence-electron chi connectivity index (χ4n) is 2.65. The molecule has 1 aliphatic heterocycles. The minimum Gasteiger partial charge on any atom is -0.493 e. The van der Waals surface area contributed by atoms with Crippen LogP contribution in [0.25, 0.3) is 0 Å². The number of methoxy groups -OCH3 is 1. The van der Waals surface area contributed by atoms with Crippen molar-refractivity contribution in [3.63, 3.8) is 0 Å². The molecule has 0 saturated heterocycles. The zero-order valence-corrected chi connectivity index (χ0v) is 16.5. The number of carbonyl (C=O) groups excluding carboxylic acids is 2. The summed E-state index contributed by atoms with van der Waals surface area (Å²) in [6, 6.07) is 8.17. The molecule has 0 bridgehead atoms. The lowest BCUT2D eigenvalue weighted by molar-refractivity contribution is -0.123. The van der Waals surface area contributed by atoms with Gasteiger partial charge in [0.15, 0.2) is 17.6 Å². The molecule has 1 N–H and O–H groups in total. The van der Waals surface area contributed by atoms with Crippen LogP contribution < -0.4 is 19.5 Å². The molecule has 1 amide bonds. The molecule has 0 radical (unpaired) electrons.